The summed E-state index contributed by atoms with van der Waals surface area (Å²) in [5.74, 6) is 0. The summed E-state index contributed by atoms with van der Waals surface area (Å²) < 4.78 is 5.59. The Balaban J connectivity index is 1.82. The zero-order valence-electron chi connectivity index (χ0n) is 10.4. The molecule has 1 aromatic heterocycles. The molecular weight excluding hydrogens is 218 g/mol. The van der Waals surface area contributed by atoms with Crippen molar-refractivity contribution < 1.29 is 4.74 Å². The predicted octanol–water partition coefficient (Wildman–Crippen LogP) is 3.09. The zero-order chi connectivity index (χ0) is 11.6. The van der Waals surface area contributed by atoms with E-state index in [1.807, 2.05) is 11.3 Å². The molecule has 1 heterocycles. The summed E-state index contributed by atoms with van der Waals surface area (Å²) in [5, 5.41) is 5.52. The molecule has 3 heteroatoms. The minimum absolute atomic E-state index is 0.597. The van der Waals surface area contributed by atoms with E-state index in [1.165, 1.54) is 11.3 Å². The summed E-state index contributed by atoms with van der Waals surface area (Å²) >= 11 is 1.81. The van der Waals surface area contributed by atoms with Gasteiger partial charge in [-0.1, -0.05) is 19.9 Å². The number of ether oxygens (including phenoxy) is 1. The van der Waals surface area contributed by atoms with Crippen LogP contribution in [0.4, 0.5) is 0 Å². The second kappa shape index (κ2) is 8.74. The van der Waals surface area contributed by atoms with E-state index in [1.54, 1.807) is 0 Å². The van der Waals surface area contributed by atoms with Crippen LogP contribution in [-0.4, -0.2) is 25.8 Å². The van der Waals surface area contributed by atoms with E-state index in [0.29, 0.717) is 6.04 Å². The van der Waals surface area contributed by atoms with Crippen molar-refractivity contribution in [3.63, 3.8) is 0 Å². The maximum Gasteiger partial charge on any atom is 0.0514 e. The summed E-state index contributed by atoms with van der Waals surface area (Å²) in [6.07, 6.45) is 3.42. The number of hydrogen-bond donors (Lipinski definition) is 1. The van der Waals surface area contributed by atoms with E-state index in [2.05, 4.69) is 36.7 Å². The number of hydrogen-bond acceptors (Lipinski definition) is 3. The Morgan fingerprint density at radius 1 is 1.31 bits per heavy atom. The molecule has 0 aliphatic heterocycles. The number of rotatable bonds is 9. The molecule has 0 aliphatic rings. The number of unbranched alkanes of at least 4 members (excludes halogenated alkanes) is 1. The average Bonchev–Trinajstić information content (AvgIpc) is 2.74. The summed E-state index contributed by atoms with van der Waals surface area (Å²) in [6, 6.07) is 4.86. The van der Waals surface area contributed by atoms with Crippen LogP contribution in [0.3, 0.4) is 0 Å². The third-order valence-electron chi connectivity index (χ3n) is 2.34. The van der Waals surface area contributed by atoms with Gasteiger partial charge < -0.3 is 10.1 Å². The molecule has 0 saturated heterocycles. The van der Waals surface area contributed by atoms with Crippen LogP contribution in [0.15, 0.2) is 17.5 Å². The minimum Gasteiger partial charge on any atom is -0.381 e. The standard InChI is InChI=1S/C13H23NOS/c1-12(2)14-8-3-4-9-15-10-7-13-6-5-11-16-13/h5-6,11-12,14H,3-4,7-10H2,1-2H3. The van der Waals surface area contributed by atoms with Crippen molar-refractivity contribution in [2.45, 2.75) is 39.2 Å². The molecule has 0 amide bonds. The van der Waals surface area contributed by atoms with E-state index in [-0.39, 0.29) is 0 Å². The van der Waals surface area contributed by atoms with E-state index in [4.69, 9.17) is 4.74 Å². The number of nitrogens with one attached hydrogen (secondary N) is 1. The molecule has 1 N–H and O–H groups in total. The van der Waals surface area contributed by atoms with Gasteiger partial charge in [0.2, 0.25) is 0 Å². The lowest BCUT2D eigenvalue weighted by Crippen LogP contribution is -2.23. The highest BCUT2D eigenvalue weighted by atomic mass is 32.1. The third-order valence-corrected chi connectivity index (χ3v) is 3.28. The van der Waals surface area contributed by atoms with E-state index in [0.717, 1.165) is 32.6 Å². The average molecular weight is 241 g/mol. The topological polar surface area (TPSA) is 21.3 Å². The molecule has 0 spiro atoms. The predicted molar refractivity (Wildman–Crippen MR) is 71.2 cm³/mol. The van der Waals surface area contributed by atoms with Gasteiger partial charge in [0.25, 0.3) is 0 Å². The molecule has 0 bridgehead atoms. The van der Waals surface area contributed by atoms with Gasteiger partial charge in [-0.25, -0.2) is 0 Å². The monoisotopic (exact) mass is 241 g/mol. The Kier molecular flexibility index (Phi) is 7.47. The maximum absolute atomic E-state index is 5.59. The Morgan fingerprint density at radius 3 is 2.88 bits per heavy atom. The first-order chi connectivity index (χ1) is 7.79. The fourth-order valence-corrected chi connectivity index (χ4v) is 2.14. The van der Waals surface area contributed by atoms with Crippen LogP contribution in [0.5, 0.6) is 0 Å². The zero-order valence-corrected chi connectivity index (χ0v) is 11.2. The van der Waals surface area contributed by atoms with Gasteiger partial charge in [-0.3, -0.25) is 0 Å². The molecule has 0 aromatic carbocycles. The van der Waals surface area contributed by atoms with Gasteiger partial charge in [0.05, 0.1) is 6.61 Å². The quantitative estimate of drug-likeness (QED) is 0.671. The first-order valence-corrected chi connectivity index (χ1v) is 7.00. The van der Waals surface area contributed by atoms with Gasteiger partial charge in [0.1, 0.15) is 0 Å². The summed E-state index contributed by atoms with van der Waals surface area (Å²) in [7, 11) is 0. The van der Waals surface area contributed by atoms with Crippen molar-refractivity contribution >= 4 is 11.3 Å². The molecule has 0 radical (unpaired) electrons. The van der Waals surface area contributed by atoms with E-state index < -0.39 is 0 Å². The molecule has 0 aliphatic carbocycles. The van der Waals surface area contributed by atoms with E-state index >= 15 is 0 Å². The van der Waals surface area contributed by atoms with Gasteiger partial charge >= 0.3 is 0 Å². The fraction of sp³-hybridized carbons (Fsp3) is 0.692. The first-order valence-electron chi connectivity index (χ1n) is 6.12. The summed E-state index contributed by atoms with van der Waals surface area (Å²) in [6.45, 7) is 7.21. The van der Waals surface area contributed by atoms with Crippen molar-refractivity contribution in [3.8, 4) is 0 Å². The SMILES string of the molecule is CC(C)NCCCCOCCc1cccs1. The second-order valence-electron chi connectivity index (χ2n) is 4.26. The van der Waals surface area contributed by atoms with Crippen molar-refractivity contribution in [1.82, 2.24) is 5.32 Å². The van der Waals surface area contributed by atoms with Crippen LogP contribution in [0, 0.1) is 0 Å². The summed E-state index contributed by atoms with van der Waals surface area (Å²) in [5.41, 5.74) is 0. The Hall–Kier alpha value is -0.380. The van der Waals surface area contributed by atoms with Crippen LogP contribution < -0.4 is 5.32 Å². The third kappa shape index (κ3) is 6.99. The van der Waals surface area contributed by atoms with Crippen molar-refractivity contribution in [3.05, 3.63) is 22.4 Å². The van der Waals surface area contributed by atoms with Crippen LogP contribution in [0.2, 0.25) is 0 Å². The smallest absolute Gasteiger partial charge is 0.0514 e. The highest BCUT2D eigenvalue weighted by molar-refractivity contribution is 7.09. The second-order valence-corrected chi connectivity index (χ2v) is 5.29. The molecule has 92 valence electrons. The fourth-order valence-electron chi connectivity index (χ4n) is 1.45. The Morgan fingerprint density at radius 2 is 2.19 bits per heavy atom. The van der Waals surface area contributed by atoms with Gasteiger partial charge in [0.15, 0.2) is 0 Å². The molecule has 0 fully saturated rings. The highest BCUT2D eigenvalue weighted by Gasteiger charge is 1.95. The van der Waals surface area contributed by atoms with Crippen LogP contribution in [-0.2, 0) is 11.2 Å². The molecular formula is C13H23NOS. The molecule has 1 aromatic rings. The first kappa shape index (κ1) is 13.7. The minimum atomic E-state index is 0.597. The highest BCUT2D eigenvalue weighted by Crippen LogP contribution is 2.08. The molecule has 1 rings (SSSR count). The molecule has 2 nitrogen and oxygen atoms in total. The van der Waals surface area contributed by atoms with Crippen LogP contribution >= 0.6 is 11.3 Å². The van der Waals surface area contributed by atoms with Gasteiger partial charge in [0, 0.05) is 23.9 Å². The van der Waals surface area contributed by atoms with Crippen molar-refractivity contribution in [2.24, 2.45) is 0 Å². The van der Waals surface area contributed by atoms with Gasteiger partial charge in [-0.15, -0.1) is 11.3 Å². The number of thiophene rings is 1. The normalized spacial score (nSPS) is 11.2. The lowest BCUT2D eigenvalue weighted by molar-refractivity contribution is 0.133. The lowest BCUT2D eigenvalue weighted by Gasteiger charge is -2.07. The van der Waals surface area contributed by atoms with Gasteiger partial charge in [-0.05, 0) is 30.8 Å². The molecule has 0 saturated carbocycles. The Bertz CT molecular complexity index is 246. The van der Waals surface area contributed by atoms with Crippen LogP contribution in [0.25, 0.3) is 0 Å². The van der Waals surface area contributed by atoms with E-state index in [9.17, 15) is 0 Å². The van der Waals surface area contributed by atoms with Crippen molar-refractivity contribution in [2.75, 3.05) is 19.8 Å². The lowest BCUT2D eigenvalue weighted by atomic mass is 10.3. The van der Waals surface area contributed by atoms with Crippen LogP contribution in [0.1, 0.15) is 31.6 Å². The molecule has 16 heavy (non-hydrogen) atoms. The molecule has 0 unspecified atom stereocenters. The Labute approximate surface area is 103 Å². The molecule has 0 atom stereocenters. The van der Waals surface area contributed by atoms with Crippen molar-refractivity contribution in [1.29, 1.82) is 0 Å². The largest absolute Gasteiger partial charge is 0.381 e. The summed E-state index contributed by atoms with van der Waals surface area (Å²) in [4.78, 5) is 1.42. The maximum atomic E-state index is 5.59. The van der Waals surface area contributed by atoms with Gasteiger partial charge in [-0.2, -0.15) is 0 Å².